The minimum absolute atomic E-state index is 0.125. The van der Waals surface area contributed by atoms with Crippen molar-refractivity contribution in [1.29, 1.82) is 0 Å². The number of ether oxygens (including phenoxy) is 1. The van der Waals surface area contributed by atoms with Crippen LogP contribution < -0.4 is 15.0 Å². The SMILES string of the molecule is COc1cccc(CN(Cc2ccco2)c2cnc(S(C)(=O)=O)nc2C(=O)Nc2ccccc2Cl)c1. The van der Waals surface area contributed by atoms with Crippen molar-refractivity contribution in [2.45, 2.75) is 18.2 Å². The third-order valence-electron chi connectivity index (χ3n) is 5.19. The van der Waals surface area contributed by atoms with Crippen molar-refractivity contribution in [2.24, 2.45) is 0 Å². The molecule has 4 aromatic rings. The Hall–Kier alpha value is -3.89. The van der Waals surface area contributed by atoms with Crippen molar-refractivity contribution in [3.8, 4) is 5.75 Å². The fourth-order valence-electron chi connectivity index (χ4n) is 3.49. The van der Waals surface area contributed by atoms with Crippen LogP contribution >= 0.6 is 11.6 Å². The first kappa shape index (κ1) is 25.2. The normalized spacial score (nSPS) is 11.2. The number of hydrogen-bond donors (Lipinski definition) is 1. The molecule has 11 heteroatoms. The fraction of sp³-hybridized carbons (Fsp3) is 0.160. The molecule has 0 bridgehead atoms. The molecule has 0 saturated carbocycles. The summed E-state index contributed by atoms with van der Waals surface area (Å²) in [6.07, 6.45) is 3.86. The summed E-state index contributed by atoms with van der Waals surface area (Å²) in [7, 11) is -2.20. The molecule has 0 unspecified atom stereocenters. The molecule has 0 aliphatic carbocycles. The number of para-hydroxylation sites is 1. The van der Waals surface area contributed by atoms with Crippen molar-refractivity contribution >= 4 is 38.7 Å². The number of methoxy groups -OCH3 is 1. The lowest BCUT2D eigenvalue weighted by Gasteiger charge is -2.25. The zero-order valence-electron chi connectivity index (χ0n) is 19.5. The lowest BCUT2D eigenvalue weighted by atomic mass is 10.1. The van der Waals surface area contributed by atoms with E-state index in [1.807, 2.05) is 29.2 Å². The van der Waals surface area contributed by atoms with Crippen molar-refractivity contribution in [3.05, 3.63) is 95.2 Å². The van der Waals surface area contributed by atoms with E-state index in [2.05, 4.69) is 15.3 Å². The van der Waals surface area contributed by atoms with Gasteiger partial charge in [-0.2, -0.15) is 0 Å². The molecule has 2 heterocycles. The molecule has 0 saturated heterocycles. The van der Waals surface area contributed by atoms with Gasteiger partial charge in [-0.1, -0.05) is 35.9 Å². The molecule has 2 aromatic carbocycles. The summed E-state index contributed by atoms with van der Waals surface area (Å²) in [5.41, 5.74) is 1.43. The largest absolute Gasteiger partial charge is 0.497 e. The van der Waals surface area contributed by atoms with Gasteiger partial charge in [-0.3, -0.25) is 4.79 Å². The molecule has 4 rings (SSSR count). The number of carbonyl (C=O) groups is 1. The van der Waals surface area contributed by atoms with E-state index in [1.165, 1.54) is 6.20 Å². The summed E-state index contributed by atoms with van der Waals surface area (Å²) in [5.74, 6) is 0.661. The zero-order chi connectivity index (χ0) is 25.7. The molecule has 0 atom stereocenters. The van der Waals surface area contributed by atoms with E-state index < -0.39 is 20.9 Å². The molecule has 36 heavy (non-hydrogen) atoms. The number of furan rings is 1. The Labute approximate surface area is 213 Å². The van der Waals surface area contributed by atoms with Crippen molar-refractivity contribution in [2.75, 3.05) is 23.6 Å². The van der Waals surface area contributed by atoms with Crippen LogP contribution in [0.25, 0.3) is 0 Å². The molecule has 0 fully saturated rings. The maximum Gasteiger partial charge on any atom is 0.276 e. The van der Waals surface area contributed by atoms with Crippen LogP contribution in [0, 0.1) is 0 Å². The number of anilines is 2. The number of aromatic nitrogens is 2. The minimum Gasteiger partial charge on any atom is -0.497 e. The average Bonchev–Trinajstić information content (AvgIpc) is 3.37. The number of rotatable bonds is 9. The van der Waals surface area contributed by atoms with Crippen LogP contribution in [0.5, 0.6) is 5.75 Å². The third kappa shape index (κ3) is 6.02. The number of hydrogen-bond acceptors (Lipinski definition) is 8. The summed E-state index contributed by atoms with van der Waals surface area (Å²) in [4.78, 5) is 23.4. The second-order valence-electron chi connectivity index (χ2n) is 7.88. The lowest BCUT2D eigenvalue weighted by molar-refractivity contribution is 0.102. The van der Waals surface area contributed by atoms with E-state index in [9.17, 15) is 13.2 Å². The van der Waals surface area contributed by atoms with Crippen molar-refractivity contribution in [3.63, 3.8) is 0 Å². The van der Waals surface area contributed by atoms with Crippen LogP contribution in [-0.4, -0.2) is 37.7 Å². The van der Waals surface area contributed by atoms with Crippen LogP contribution in [-0.2, 0) is 22.9 Å². The van der Waals surface area contributed by atoms with Crippen LogP contribution in [0.15, 0.2) is 82.7 Å². The van der Waals surface area contributed by atoms with Crippen LogP contribution in [0.2, 0.25) is 5.02 Å². The monoisotopic (exact) mass is 526 g/mol. The van der Waals surface area contributed by atoms with Crippen molar-refractivity contribution in [1.82, 2.24) is 9.97 Å². The molecule has 0 radical (unpaired) electrons. The van der Waals surface area contributed by atoms with E-state index in [1.54, 1.807) is 49.8 Å². The van der Waals surface area contributed by atoms with Crippen molar-refractivity contribution < 1.29 is 22.4 Å². The van der Waals surface area contributed by atoms with Crippen LogP contribution in [0.3, 0.4) is 0 Å². The van der Waals surface area contributed by atoms with Crippen LogP contribution in [0.1, 0.15) is 21.8 Å². The van der Waals surface area contributed by atoms with E-state index in [4.69, 9.17) is 20.8 Å². The third-order valence-corrected chi connectivity index (χ3v) is 6.38. The molecule has 9 nitrogen and oxygen atoms in total. The summed E-state index contributed by atoms with van der Waals surface area (Å²) < 4.78 is 35.3. The molecule has 186 valence electrons. The van der Waals surface area contributed by atoms with Gasteiger partial charge in [0.15, 0.2) is 5.69 Å². The van der Waals surface area contributed by atoms with E-state index in [0.717, 1.165) is 11.8 Å². The highest BCUT2D eigenvalue weighted by molar-refractivity contribution is 7.90. The van der Waals surface area contributed by atoms with Gasteiger partial charge in [-0.15, -0.1) is 0 Å². The smallest absolute Gasteiger partial charge is 0.276 e. The number of nitrogens with zero attached hydrogens (tertiary/aromatic N) is 3. The van der Waals surface area contributed by atoms with Crippen LogP contribution in [0.4, 0.5) is 11.4 Å². The summed E-state index contributed by atoms with van der Waals surface area (Å²) >= 11 is 6.21. The second-order valence-corrected chi connectivity index (χ2v) is 10.2. The molecule has 0 aliphatic rings. The number of halogens is 1. The molecule has 0 spiro atoms. The Kier molecular flexibility index (Phi) is 7.56. The predicted molar refractivity (Wildman–Crippen MR) is 136 cm³/mol. The first-order valence-corrected chi connectivity index (χ1v) is 13.0. The first-order valence-electron chi connectivity index (χ1n) is 10.8. The topological polar surface area (TPSA) is 115 Å². The van der Waals surface area contributed by atoms with Gasteiger partial charge in [0.05, 0.1) is 42.5 Å². The number of benzene rings is 2. The summed E-state index contributed by atoms with van der Waals surface area (Å²) in [6.45, 7) is 0.587. The van der Waals surface area contributed by atoms with Gasteiger partial charge in [0, 0.05) is 12.8 Å². The van der Waals surface area contributed by atoms with E-state index >= 15 is 0 Å². The van der Waals surface area contributed by atoms with Gasteiger partial charge in [-0.25, -0.2) is 18.4 Å². The van der Waals surface area contributed by atoms with Gasteiger partial charge >= 0.3 is 0 Å². The standard InChI is InChI=1S/C25H23ClN4O5S/c1-34-18-8-5-7-17(13-18)15-30(16-19-9-6-12-35-19)22-14-27-25(36(2,32)33)29-23(22)24(31)28-21-11-4-3-10-20(21)26/h3-14H,15-16H2,1-2H3,(H,28,31). The van der Waals surface area contributed by atoms with E-state index in [-0.39, 0.29) is 12.2 Å². The Morgan fingerprint density at radius 3 is 2.61 bits per heavy atom. The predicted octanol–water partition coefficient (Wildman–Crippen LogP) is 4.59. The number of carbonyl (C=O) groups excluding carboxylic acids is 1. The van der Waals surface area contributed by atoms with Gasteiger partial charge in [-0.05, 0) is 42.0 Å². The maximum atomic E-state index is 13.4. The maximum absolute atomic E-state index is 13.4. The second kappa shape index (κ2) is 10.8. The Balaban J connectivity index is 1.80. The highest BCUT2D eigenvalue weighted by Gasteiger charge is 2.24. The molecule has 0 aliphatic heterocycles. The molecule has 1 amide bonds. The number of sulfone groups is 1. The van der Waals surface area contributed by atoms with Gasteiger partial charge < -0.3 is 19.4 Å². The molecule has 1 N–H and O–H groups in total. The Bertz CT molecular complexity index is 1480. The lowest BCUT2D eigenvalue weighted by Crippen LogP contribution is -2.27. The quantitative estimate of drug-likeness (QED) is 0.315. The summed E-state index contributed by atoms with van der Waals surface area (Å²) in [5, 5.41) is 2.58. The highest BCUT2D eigenvalue weighted by atomic mass is 35.5. The summed E-state index contributed by atoms with van der Waals surface area (Å²) in [6, 6.07) is 17.7. The van der Waals surface area contributed by atoms with Gasteiger partial charge in [0.25, 0.3) is 5.91 Å². The molecular formula is C25H23ClN4O5S. The number of nitrogens with one attached hydrogen (secondary N) is 1. The molecule has 2 aromatic heterocycles. The minimum atomic E-state index is -3.78. The Morgan fingerprint density at radius 2 is 1.92 bits per heavy atom. The Morgan fingerprint density at radius 1 is 1.11 bits per heavy atom. The fourth-order valence-corrected chi connectivity index (χ4v) is 4.17. The highest BCUT2D eigenvalue weighted by Crippen LogP contribution is 2.27. The van der Waals surface area contributed by atoms with Gasteiger partial charge in [0.1, 0.15) is 11.5 Å². The molecular weight excluding hydrogens is 504 g/mol. The zero-order valence-corrected chi connectivity index (χ0v) is 21.1. The average molecular weight is 527 g/mol. The van der Waals surface area contributed by atoms with Gasteiger partial charge in [0.2, 0.25) is 15.0 Å². The number of amides is 1. The van der Waals surface area contributed by atoms with E-state index in [0.29, 0.717) is 34.5 Å². The first-order chi connectivity index (χ1) is 17.2.